The van der Waals surface area contributed by atoms with Crippen LogP contribution in [0.1, 0.15) is 38.7 Å². The van der Waals surface area contributed by atoms with Gasteiger partial charge in [0.1, 0.15) is 0 Å². The van der Waals surface area contributed by atoms with Gasteiger partial charge in [-0.2, -0.15) is 0 Å². The maximum atomic E-state index is 6.46. The minimum Gasteiger partial charge on any atom is -0.321 e. The lowest BCUT2D eigenvalue weighted by Gasteiger charge is -2.27. The molecule has 1 unspecified atom stereocenters. The van der Waals surface area contributed by atoms with Gasteiger partial charge in [-0.05, 0) is 42.4 Å². The molecule has 1 aliphatic rings. The van der Waals surface area contributed by atoms with E-state index in [2.05, 4.69) is 26.0 Å². The molecule has 1 aromatic rings. The molecule has 1 atom stereocenters. The van der Waals surface area contributed by atoms with Crippen LogP contribution >= 0.6 is 11.6 Å². The third-order valence-corrected chi connectivity index (χ3v) is 3.71. The van der Waals surface area contributed by atoms with Gasteiger partial charge in [-0.15, -0.1) is 0 Å². The molecular weight excluding hydrogens is 206 g/mol. The summed E-state index contributed by atoms with van der Waals surface area (Å²) in [6.45, 7) is 4.58. The highest BCUT2D eigenvalue weighted by Gasteiger charge is 2.41. The van der Waals surface area contributed by atoms with E-state index < -0.39 is 0 Å². The van der Waals surface area contributed by atoms with E-state index in [1.165, 1.54) is 12.0 Å². The molecule has 1 nitrogen and oxygen atoms in total. The molecule has 2 heteroatoms. The monoisotopic (exact) mass is 223 g/mol. The second kappa shape index (κ2) is 3.50. The fourth-order valence-electron chi connectivity index (χ4n) is 2.62. The van der Waals surface area contributed by atoms with Crippen molar-refractivity contribution in [2.45, 2.75) is 38.6 Å². The molecule has 15 heavy (non-hydrogen) atoms. The summed E-state index contributed by atoms with van der Waals surface area (Å²) in [5.41, 5.74) is 7.91. The van der Waals surface area contributed by atoms with Gasteiger partial charge in [-0.3, -0.25) is 0 Å². The van der Waals surface area contributed by atoms with Crippen molar-refractivity contribution in [2.24, 2.45) is 11.1 Å². The van der Waals surface area contributed by atoms with Crippen LogP contribution in [0.4, 0.5) is 0 Å². The molecular formula is C13H18ClN. The lowest BCUT2D eigenvalue weighted by Crippen LogP contribution is -2.34. The van der Waals surface area contributed by atoms with Crippen LogP contribution in [0.3, 0.4) is 0 Å². The highest BCUT2D eigenvalue weighted by Crippen LogP contribution is 2.47. The van der Waals surface area contributed by atoms with E-state index in [0.29, 0.717) is 5.41 Å². The summed E-state index contributed by atoms with van der Waals surface area (Å²) in [6, 6.07) is 7.97. The summed E-state index contributed by atoms with van der Waals surface area (Å²) >= 11 is 5.88. The zero-order chi connectivity index (χ0) is 11.1. The molecule has 2 rings (SSSR count). The van der Waals surface area contributed by atoms with Crippen molar-refractivity contribution in [2.75, 3.05) is 0 Å². The molecule has 0 aromatic heterocycles. The number of hydrogen-bond acceptors (Lipinski definition) is 1. The highest BCUT2D eigenvalue weighted by molar-refractivity contribution is 6.30. The Hall–Kier alpha value is -0.530. The average molecular weight is 224 g/mol. The van der Waals surface area contributed by atoms with Gasteiger partial charge in [0.25, 0.3) is 0 Å². The van der Waals surface area contributed by atoms with E-state index >= 15 is 0 Å². The van der Waals surface area contributed by atoms with Gasteiger partial charge in [-0.1, -0.05) is 37.6 Å². The van der Waals surface area contributed by atoms with Crippen LogP contribution in [-0.2, 0) is 5.54 Å². The number of hydrogen-bond donors (Lipinski definition) is 1. The molecule has 1 aliphatic carbocycles. The fraction of sp³-hybridized carbons (Fsp3) is 0.538. The van der Waals surface area contributed by atoms with E-state index in [9.17, 15) is 0 Å². The summed E-state index contributed by atoms with van der Waals surface area (Å²) in [6.07, 6.45) is 3.33. The topological polar surface area (TPSA) is 26.0 Å². The number of nitrogens with two attached hydrogens (primary N) is 1. The van der Waals surface area contributed by atoms with Crippen molar-refractivity contribution in [3.8, 4) is 0 Å². The van der Waals surface area contributed by atoms with Gasteiger partial charge in [0.05, 0.1) is 0 Å². The van der Waals surface area contributed by atoms with Crippen molar-refractivity contribution in [1.82, 2.24) is 0 Å². The van der Waals surface area contributed by atoms with Crippen molar-refractivity contribution >= 4 is 11.6 Å². The Morgan fingerprint density at radius 3 is 2.20 bits per heavy atom. The van der Waals surface area contributed by atoms with Crippen LogP contribution in [0.5, 0.6) is 0 Å². The molecule has 1 fully saturated rings. The number of rotatable bonds is 1. The summed E-state index contributed by atoms with van der Waals surface area (Å²) in [4.78, 5) is 0. The first-order valence-corrected chi connectivity index (χ1v) is 5.84. The van der Waals surface area contributed by atoms with Crippen molar-refractivity contribution in [3.05, 3.63) is 34.9 Å². The Morgan fingerprint density at radius 2 is 1.73 bits per heavy atom. The molecule has 0 radical (unpaired) electrons. The normalized spacial score (nSPS) is 29.3. The summed E-state index contributed by atoms with van der Waals surface area (Å²) in [5, 5.41) is 0.777. The van der Waals surface area contributed by atoms with Crippen molar-refractivity contribution in [1.29, 1.82) is 0 Å². The zero-order valence-electron chi connectivity index (χ0n) is 9.39. The molecule has 0 spiro atoms. The fourth-order valence-corrected chi connectivity index (χ4v) is 2.75. The Kier molecular flexibility index (Phi) is 2.56. The molecule has 82 valence electrons. The molecule has 0 bridgehead atoms. The lowest BCUT2D eigenvalue weighted by molar-refractivity contribution is 0.339. The summed E-state index contributed by atoms with van der Waals surface area (Å²) in [7, 11) is 0. The quantitative estimate of drug-likeness (QED) is 0.772. The van der Waals surface area contributed by atoms with E-state index in [-0.39, 0.29) is 5.54 Å². The molecule has 1 saturated carbocycles. The predicted molar refractivity (Wildman–Crippen MR) is 64.9 cm³/mol. The molecule has 0 aliphatic heterocycles. The van der Waals surface area contributed by atoms with E-state index in [0.717, 1.165) is 17.9 Å². The minimum atomic E-state index is -0.145. The Bertz CT molecular complexity index is 355. The first-order valence-electron chi connectivity index (χ1n) is 5.46. The minimum absolute atomic E-state index is 0.145. The molecule has 0 amide bonds. The standard InChI is InChI=1S/C13H18ClN/c1-12(2)7-8-13(15,9-12)10-3-5-11(14)6-4-10/h3-6H,7-9,15H2,1-2H3. The average Bonchev–Trinajstić information content (AvgIpc) is 2.43. The first kappa shape index (κ1) is 11.0. The van der Waals surface area contributed by atoms with E-state index in [1.54, 1.807) is 0 Å². The van der Waals surface area contributed by atoms with Gasteiger partial charge in [0, 0.05) is 10.6 Å². The maximum Gasteiger partial charge on any atom is 0.0414 e. The lowest BCUT2D eigenvalue weighted by atomic mass is 9.84. The number of halogens is 1. The smallest absolute Gasteiger partial charge is 0.0414 e. The number of benzene rings is 1. The van der Waals surface area contributed by atoms with Crippen LogP contribution in [0.15, 0.2) is 24.3 Å². The Labute approximate surface area is 96.6 Å². The Morgan fingerprint density at radius 1 is 1.13 bits per heavy atom. The van der Waals surface area contributed by atoms with Crippen LogP contribution in [0.25, 0.3) is 0 Å². The van der Waals surface area contributed by atoms with Crippen molar-refractivity contribution in [3.63, 3.8) is 0 Å². The van der Waals surface area contributed by atoms with Gasteiger partial charge in [0.15, 0.2) is 0 Å². The first-order chi connectivity index (χ1) is 6.91. The predicted octanol–water partition coefficient (Wildman–Crippen LogP) is 3.70. The third-order valence-electron chi connectivity index (χ3n) is 3.46. The van der Waals surface area contributed by atoms with Crippen LogP contribution in [0.2, 0.25) is 5.02 Å². The Balaban J connectivity index is 2.27. The molecule has 0 heterocycles. The highest BCUT2D eigenvalue weighted by atomic mass is 35.5. The third kappa shape index (κ3) is 2.19. The van der Waals surface area contributed by atoms with Gasteiger partial charge in [0.2, 0.25) is 0 Å². The summed E-state index contributed by atoms with van der Waals surface area (Å²) < 4.78 is 0. The van der Waals surface area contributed by atoms with Crippen LogP contribution in [-0.4, -0.2) is 0 Å². The van der Waals surface area contributed by atoms with Crippen LogP contribution < -0.4 is 5.73 Å². The van der Waals surface area contributed by atoms with Crippen molar-refractivity contribution < 1.29 is 0 Å². The SMILES string of the molecule is CC1(C)CCC(N)(c2ccc(Cl)cc2)C1. The maximum absolute atomic E-state index is 6.46. The summed E-state index contributed by atoms with van der Waals surface area (Å²) in [5.74, 6) is 0. The van der Waals surface area contributed by atoms with Gasteiger partial charge < -0.3 is 5.73 Å². The van der Waals surface area contributed by atoms with E-state index in [4.69, 9.17) is 17.3 Å². The second-order valence-corrected chi connectivity index (χ2v) is 5.94. The van der Waals surface area contributed by atoms with Gasteiger partial charge >= 0.3 is 0 Å². The van der Waals surface area contributed by atoms with Crippen LogP contribution in [0, 0.1) is 5.41 Å². The van der Waals surface area contributed by atoms with Gasteiger partial charge in [-0.25, -0.2) is 0 Å². The molecule has 2 N–H and O–H groups in total. The largest absolute Gasteiger partial charge is 0.321 e. The second-order valence-electron chi connectivity index (χ2n) is 5.50. The van der Waals surface area contributed by atoms with E-state index in [1.807, 2.05) is 12.1 Å². The zero-order valence-corrected chi connectivity index (χ0v) is 10.1. The molecule has 0 saturated heterocycles. The molecule has 1 aromatic carbocycles.